The molecule has 1 aliphatic heterocycles. The van der Waals surface area contributed by atoms with Crippen LogP contribution in [0.1, 0.15) is 43.5 Å². The normalized spacial score (nSPS) is 17.2. The number of nitrogens with one attached hydrogen (secondary N) is 1. The Kier molecular flexibility index (Phi) is 3.02. The van der Waals surface area contributed by atoms with Gasteiger partial charge in [-0.15, -0.1) is 0 Å². The first-order valence-corrected chi connectivity index (χ1v) is 5.68. The standard InChI is InChI=1S/C13H20N2O/c1-13(2,3)12(15-14)9-4-5-10-7-16-8-11(10)6-9/h4-6,12,15H,7-8,14H2,1-3H3. The first kappa shape index (κ1) is 11.6. The highest BCUT2D eigenvalue weighted by Crippen LogP contribution is 2.33. The van der Waals surface area contributed by atoms with Gasteiger partial charge in [-0.25, -0.2) is 0 Å². The van der Waals surface area contributed by atoms with E-state index in [0.29, 0.717) is 0 Å². The summed E-state index contributed by atoms with van der Waals surface area (Å²) in [7, 11) is 0. The minimum Gasteiger partial charge on any atom is -0.372 e. The van der Waals surface area contributed by atoms with Crippen molar-refractivity contribution in [3.63, 3.8) is 0 Å². The molecule has 0 fully saturated rings. The van der Waals surface area contributed by atoms with Crippen LogP contribution in [0.2, 0.25) is 0 Å². The van der Waals surface area contributed by atoms with Gasteiger partial charge in [0.15, 0.2) is 0 Å². The van der Waals surface area contributed by atoms with Crippen molar-refractivity contribution >= 4 is 0 Å². The van der Waals surface area contributed by atoms with Crippen LogP contribution in [0, 0.1) is 5.41 Å². The molecule has 0 aromatic heterocycles. The van der Waals surface area contributed by atoms with Crippen molar-refractivity contribution in [3.8, 4) is 0 Å². The number of hydrazine groups is 1. The van der Waals surface area contributed by atoms with Gasteiger partial charge in [-0.1, -0.05) is 39.0 Å². The number of rotatable bonds is 2. The summed E-state index contributed by atoms with van der Waals surface area (Å²) >= 11 is 0. The van der Waals surface area contributed by atoms with Gasteiger partial charge in [-0.2, -0.15) is 0 Å². The van der Waals surface area contributed by atoms with Crippen LogP contribution in [0.15, 0.2) is 18.2 Å². The van der Waals surface area contributed by atoms with E-state index in [0.717, 1.165) is 13.2 Å². The van der Waals surface area contributed by atoms with Crippen LogP contribution >= 0.6 is 0 Å². The number of fused-ring (bicyclic) bond motifs is 1. The van der Waals surface area contributed by atoms with Crippen molar-refractivity contribution in [2.24, 2.45) is 11.3 Å². The zero-order valence-corrected chi connectivity index (χ0v) is 10.2. The number of benzene rings is 1. The summed E-state index contributed by atoms with van der Waals surface area (Å²) in [6, 6.07) is 6.66. The van der Waals surface area contributed by atoms with Crippen molar-refractivity contribution in [2.75, 3.05) is 0 Å². The van der Waals surface area contributed by atoms with Gasteiger partial charge in [0.2, 0.25) is 0 Å². The number of hydrogen-bond acceptors (Lipinski definition) is 3. The van der Waals surface area contributed by atoms with Crippen molar-refractivity contribution < 1.29 is 4.74 Å². The highest BCUT2D eigenvalue weighted by molar-refractivity contribution is 5.35. The molecule has 16 heavy (non-hydrogen) atoms. The van der Waals surface area contributed by atoms with Crippen LogP contribution < -0.4 is 11.3 Å². The molecule has 1 aromatic rings. The van der Waals surface area contributed by atoms with Crippen LogP contribution in [0.5, 0.6) is 0 Å². The van der Waals surface area contributed by atoms with Crippen LogP contribution in [-0.4, -0.2) is 0 Å². The highest BCUT2D eigenvalue weighted by atomic mass is 16.5. The average molecular weight is 220 g/mol. The Morgan fingerprint density at radius 3 is 2.56 bits per heavy atom. The molecule has 0 spiro atoms. The summed E-state index contributed by atoms with van der Waals surface area (Å²) in [5, 5.41) is 0. The van der Waals surface area contributed by atoms with Crippen molar-refractivity contribution in [2.45, 2.75) is 40.0 Å². The van der Waals surface area contributed by atoms with Crippen molar-refractivity contribution in [1.29, 1.82) is 0 Å². The highest BCUT2D eigenvalue weighted by Gasteiger charge is 2.26. The minimum atomic E-state index is 0.0997. The average Bonchev–Trinajstić information content (AvgIpc) is 2.63. The second-order valence-corrected chi connectivity index (χ2v) is 5.49. The van der Waals surface area contributed by atoms with Crippen molar-refractivity contribution in [3.05, 3.63) is 34.9 Å². The Morgan fingerprint density at radius 2 is 1.94 bits per heavy atom. The Hall–Kier alpha value is -0.900. The molecule has 0 amide bonds. The molecule has 0 saturated heterocycles. The second-order valence-electron chi connectivity index (χ2n) is 5.49. The Balaban J connectivity index is 2.33. The van der Waals surface area contributed by atoms with E-state index in [-0.39, 0.29) is 11.5 Å². The molecule has 1 aromatic carbocycles. The van der Waals surface area contributed by atoms with Crippen LogP contribution in [-0.2, 0) is 18.0 Å². The fourth-order valence-electron chi connectivity index (χ4n) is 2.22. The van der Waals surface area contributed by atoms with Gasteiger partial charge in [-0.05, 0) is 22.1 Å². The number of nitrogens with two attached hydrogens (primary N) is 1. The first-order chi connectivity index (χ1) is 7.52. The van der Waals surface area contributed by atoms with E-state index < -0.39 is 0 Å². The van der Waals surface area contributed by atoms with E-state index in [9.17, 15) is 0 Å². The Bertz CT molecular complexity index is 382. The molecule has 1 aliphatic rings. The molecule has 0 radical (unpaired) electrons. The van der Waals surface area contributed by atoms with Crippen LogP contribution in [0.25, 0.3) is 0 Å². The topological polar surface area (TPSA) is 47.3 Å². The van der Waals surface area contributed by atoms with E-state index >= 15 is 0 Å². The lowest BCUT2D eigenvalue weighted by Gasteiger charge is -2.30. The maximum Gasteiger partial charge on any atom is 0.0725 e. The number of hydrogen-bond donors (Lipinski definition) is 2. The Labute approximate surface area is 97.0 Å². The molecular formula is C13H20N2O. The van der Waals surface area contributed by atoms with Gasteiger partial charge in [0.25, 0.3) is 0 Å². The van der Waals surface area contributed by atoms with Gasteiger partial charge in [0, 0.05) is 0 Å². The molecule has 1 atom stereocenters. The van der Waals surface area contributed by atoms with Gasteiger partial charge in [0.05, 0.1) is 19.3 Å². The lowest BCUT2D eigenvalue weighted by molar-refractivity contribution is 0.134. The van der Waals surface area contributed by atoms with Gasteiger partial charge < -0.3 is 4.74 Å². The lowest BCUT2D eigenvalue weighted by Crippen LogP contribution is -2.36. The molecule has 3 heteroatoms. The predicted molar refractivity (Wildman–Crippen MR) is 64.5 cm³/mol. The molecule has 2 rings (SSSR count). The third-order valence-electron chi connectivity index (χ3n) is 3.11. The largest absolute Gasteiger partial charge is 0.372 e. The zero-order valence-electron chi connectivity index (χ0n) is 10.2. The SMILES string of the molecule is CC(C)(C)C(NN)c1ccc2c(c1)COC2. The summed E-state index contributed by atoms with van der Waals surface area (Å²) in [5.74, 6) is 5.65. The predicted octanol–water partition coefficient (Wildman–Crippen LogP) is 2.27. The number of ether oxygens (including phenoxy) is 1. The summed E-state index contributed by atoms with van der Waals surface area (Å²) in [5.41, 5.74) is 6.84. The summed E-state index contributed by atoms with van der Waals surface area (Å²) in [6.07, 6.45) is 0. The van der Waals surface area contributed by atoms with Crippen molar-refractivity contribution in [1.82, 2.24) is 5.43 Å². The molecule has 3 nitrogen and oxygen atoms in total. The van der Waals surface area contributed by atoms with E-state index in [4.69, 9.17) is 10.6 Å². The smallest absolute Gasteiger partial charge is 0.0725 e. The molecule has 1 unspecified atom stereocenters. The zero-order chi connectivity index (χ0) is 11.8. The Morgan fingerprint density at radius 1 is 1.25 bits per heavy atom. The summed E-state index contributed by atoms with van der Waals surface area (Å²) < 4.78 is 5.42. The van der Waals surface area contributed by atoms with Crippen LogP contribution in [0.3, 0.4) is 0 Å². The molecule has 1 heterocycles. The maximum atomic E-state index is 5.65. The molecule has 0 bridgehead atoms. The van der Waals surface area contributed by atoms with E-state index in [1.807, 2.05) is 0 Å². The lowest BCUT2D eigenvalue weighted by atomic mass is 9.82. The fourth-order valence-corrected chi connectivity index (χ4v) is 2.22. The monoisotopic (exact) mass is 220 g/mol. The quantitative estimate of drug-likeness (QED) is 0.593. The van der Waals surface area contributed by atoms with Gasteiger partial charge in [-0.3, -0.25) is 11.3 Å². The molecule has 88 valence electrons. The van der Waals surface area contributed by atoms with Gasteiger partial charge >= 0.3 is 0 Å². The minimum absolute atomic E-state index is 0.0997. The van der Waals surface area contributed by atoms with E-state index in [1.54, 1.807) is 0 Å². The van der Waals surface area contributed by atoms with E-state index in [1.165, 1.54) is 16.7 Å². The summed E-state index contributed by atoms with van der Waals surface area (Å²) in [6.45, 7) is 8.01. The summed E-state index contributed by atoms with van der Waals surface area (Å²) in [4.78, 5) is 0. The first-order valence-electron chi connectivity index (χ1n) is 5.68. The third kappa shape index (κ3) is 2.12. The second kappa shape index (κ2) is 4.17. The fraction of sp³-hybridized carbons (Fsp3) is 0.538. The maximum absolute atomic E-state index is 5.65. The molecule has 3 N–H and O–H groups in total. The van der Waals surface area contributed by atoms with Gasteiger partial charge in [0.1, 0.15) is 0 Å². The van der Waals surface area contributed by atoms with E-state index in [2.05, 4.69) is 44.4 Å². The molecule has 0 saturated carbocycles. The van der Waals surface area contributed by atoms with Crippen LogP contribution in [0.4, 0.5) is 0 Å². The third-order valence-corrected chi connectivity index (χ3v) is 3.11. The molecule has 0 aliphatic carbocycles. The molecular weight excluding hydrogens is 200 g/mol.